The van der Waals surface area contributed by atoms with Crippen LogP contribution in [0.4, 0.5) is 23.5 Å². The summed E-state index contributed by atoms with van der Waals surface area (Å²) in [5.41, 5.74) is 5.29. The molecule has 2 aromatic rings. The number of amides is 2. The van der Waals surface area contributed by atoms with Crippen molar-refractivity contribution in [3.8, 4) is 0 Å². The third-order valence-corrected chi connectivity index (χ3v) is 6.80. The number of nitrogens with one attached hydrogen (secondary N) is 4. The summed E-state index contributed by atoms with van der Waals surface area (Å²) < 4.78 is 0. The van der Waals surface area contributed by atoms with E-state index in [4.69, 9.17) is 5.73 Å². The Bertz CT molecular complexity index is 1050. The lowest BCUT2D eigenvalue weighted by molar-refractivity contribution is -0.135. The second-order valence-corrected chi connectivity index (χ2v) is 9.67. The minimum Gasteiger partial charge on any atom is -0.369 e. The van der Waals surface area contributed by atoms with Gasteiger partial charge in [-0.05, 0) is 44.7 Å². The fraction of sp³-hybridized carbons (Fsp3) is 0.643. The van der Waals surface area contributed by atoms with Gasteiger partial charge in [0.05, 0.1) is 0 Å². The van der Waals surface area contributed by atoms with Crippen LogP contribution in [0, 0.1) is 0 Å². The van der Waals surface area contributed by atoms with Gasteiger partial charge in [0.15, 0.2) is 0 Å². The molecule has 14 heteroatoms. The van der Waals surface area contributed by atoms with E-state index in [1.807, 2.05) is 12.1 Å². The first kappa shape index (κ1) is 34.4. The van der Waals surface area contributed by atoms with Gasteiger partial charge in [-0.2, -0.15) is 9.97 Å². The van der Waals surface area contributed by atoms with Crippen LogP contribution in [-0.2, 0) is 9.59 Å². The number of carbonyl (C=O) groups is 2. The third kappa shape index (κ3) is 13.7. The molecule has 0 fully saturated rings. The van der Waals surface area contributed by atoms with Crippen molar-refractivity contribution in [1.82, 2.24) is 34.6 Å². The van der Waals surface area contributed by atoms with Crippen molar-refractivity contribution in [2.24, 2.45) is 5.73 Å². The molecular formula is C28H50N12O2. The molecule has 0 atom stereocenters. The van der Waals surface area contributed by atoms with Crippen molar-refractivity contribution in [2.45, 2.75) is 40.5 Å². The molecule has 0 radical (unpaired) electrons. The Morgan fingerprint density at radius 3 is 1.64 bits per heavy atom. The lowest BCUT2D eigenvalue weighted by Crippen LogP contribution is -2.38. The molecule has 2 rings (SSSR count). The van der Waals surface area contributed by atoms with Gasteiger partial charge < -0.3 is 41.7 Å². The zero-order valence-corrected chi connectivity index (χ0v) is 25.7. The van der Waals surface area contributed by atoms with Gasteiger partial charge in [-0.1, -0.05) is 27.7 Å². The maximum atomic E-state index is 12.7. The summed E-state index contributed by atoms with van der Waals surface area (Å²) in [7, 11) is 0. The smallest absolute Gasteiger partial charge is 0.232 e. The molecule has 6 N–H and O–H groups in total. The van der Waals surface area contributed by atoms with E-state index in [0.29, 0.717) is 44.5 Å². The Hall–Kier alpha value is -3.78. The minimum absolute atomic E-state index is 0.312. The van der Waals surface area contributed by atoms with E-state index in [-0.39, 0.29) is 12.3 Å². The number of nitrogens with two attached hydrogens (primary N) is 1. The van der Waals surface area contributed by atoms with Crippen molar-refractivity contribution in [1.29, 1.82) is 0 Å². The normalized spacial score (nSPS) is 11.0. The first-order valence-corrected chi connectivity index (χ1v) is 15.0. The summed E-state index contributed by atoms with van der Waals surface area (Å²) in [4.78, 5) is 47.9. The average molecular weight is 587 g/mol. The van der Waals surface area contributed by atoms with Gasteiger partial charge in [0.25, 0.3) is 0 Å². The van der Waals surface area contributed by atoms with Gasteiger partial charge in [-0.3, -0.25) is 9.59 Å². The number of likely N-dealkylation sites (N-methyl/N-ethyl adjacent to an activating group) is 2. The molecular weight excluding hydrogens is 536 g/mol. The quantitative estimate of drug-likeness (QED) is 0.0938. The van der Waals surface area contributed by atoms with E-state index in [1.165, 1.54) is 0 Å². The number of hydrogen-bond donors (Lipinski definition) is 5. The molecule has 0 aliphatic heterocycles. The molecule has 42 heavy (non-hydrogen) atoms. The molecule has 0 unspecified atom stereocenters. The lowest BCUT2D eigenvalue weighted by atomic mass is 10.3. The van der Waals surface area contributed by atoms with Crippen LogP contribution < -0.4 is 27.0 Å². The van der Waals surface area contributed by atoms with E-state index in [1.54, 1.807) is 17.3 Å². The second-order valence-electron chi connectivity index (χ2n) is 9.67. The fourth-order valence-electron chi connectivity index (χ4n) is 4.24. The van der Waals surface area contributed by atoms with Crippen LogP contribution in [0.2, 0.25) is 0 Å². The Labute approximate surface area is 250 Å². The Morgan fingerprint density at radius 2 is 1.17 bits per heavy atom. The topological polar surface area (TPSA) is 170 Å². The number of nitrogens with zero attached hydrogens (tertiary/aromatic N) is 7. The molecule has 2 aromatic heterocycles. The number of primary amides is 1. The van der Waals surface area contributed by atoms with Gasteiger partial charge in [0.2, 0.25) is 23.7 Å². The summed E-state index contributed by atoms with van der Waals surface area (Å²) in [6, 6.07) is 3.66. The van der Waals surface area contributed by atoms with E-state index < -0.39 is 5.91 Å². The maximum Gasteiger partial charge on any atom is 0.232 e. The predicted octanol–water partition coefficient (Wildman–Crippen LogP) is 1.39. The van der Waals surface area contributed by atoms with Crippen LogP contribution in [0.25, 0.3) is 0 Å². The Balaban J connectivity index is 1.81. The summed E-state index contributed by atoms with van der Waals surface area (Å²) >= 11 is 0. The van der Waals surface area contributed by atoms with Gasteiger partial charge in [-0.15, -0.1) is 0 Å². The summed E-state index contributed by atoms with van der Waals surface area (Å²) in [6.07, 6.45) is 3.70. The van der Waals surface area contributed by atoms with Crippen LogP contribution in [0.5, 0.6) is 0 Å². The number of hydrogen-bond acceptors (Lipinski definition) is 12. The van der Waals surface area contributed by atoms with E-state index in [0.717, 1.165) is 64.0 Å². The number of carbonyl (C=O) groups excluding carboxylic acids is 2. The predicted molar refractivity (Wildman–Crippen MR) is 169 cm³/mol. The highest BCUT2D eigenvalue weighted by atomic mass is 16.2. The van der Waals surface area contributed by atoms with Crippen LogP contribution in [0.1, 0.15) is 40.5 Å². The van der Waals surface area contributed by atoms with E-state index in [2.05, 4.69) is 78.7 Å². The van der Waals surface area contributed by atoms with Crippen LogP contribution in [0.3, 0.4) is 0 Å². The Morgan fingerprint density at radius 1 is 0.690 bits per heavy atom. The highest BCUT2D eigenvalue weighted by molar-refractivity contribution is 5.96. The lowest BCUT2D eigenvalue weighted by Gasteiger charge is -2.22. The summed E-state index contributed by atoms with van der Waals surface area (Å²) in [5, 5.41) is 13.0. The Kier molecular flexibility index (Phi) is 16.5. The monoisotopic (exact) mass is 586 g/mol. The first-order chi connectivity index (χ1) is 20.4. The molecule has 0 saturated carbocycles. The maximum absolute atomic E-state index is 12.7. The van der Waals surface area contributed by atoms with Gasteiger partial charge in [0, 0.05) is 64.8 Å². The number of aromatic nitrogens is 4. The second kappa shape index (κ2) is 20.2. The van der Waals surface area contributed by atoms with Crippen molar-refractivity contribution >= 4 is 35.3 Å². The highest BCUT2D eigenvalue weighted by Gasteiger charge is 2.16. The summed E-state index contributed by atoms with van der Waals surface area (Å²) in [5.74, 6) is 1.51. The molecule has 0 saturated heterocycles. The molecule has 0 spiro atoms. The van der Waals surface area contributed by atoms with Crippen LogP contribution in [-0.4, -0.2) is 125 Å². The molecule has 0 aromatic carbocycles. The molecule has 0 aliphatic carbocycles. The zero-order chi connectivity index (χ0) is 30.6. The number of rotatable bonds is 23. The standard InChI is InChI=1S/C28H50N12O2/c1-5-38(6-2)19-15-30-24-10-13-33-27(36-24)32-12-9-18-40(26(42)22-23(29)41)21-17-35-28-34-14-11-25(37-28)31-16-20-39(7-3)8-4/h10-11,13-14H,5-9,12,15-22H2,1-4H3,(H2,29,41)(H2,30,32,33,36)(H2,31,34,35,37). The van der Waals surface area contributed by atoms with E-state index >= 15 is 0 Å². The summed E-state index contributed by atoms with van der Waals surface area (Å²) in [6.45, 7) is 17.9. The number of anilines is 4. The first-order valence-electron chi connectivity index (χ1n) is 15.0. The van der Waals surface area contributed by atoms with Crippen molar-refractivity contribution in [2.75, 3.05) is 99.8 Å². The SMILES string of the molecule is CCN(CC)CCNc1ccnc(NCCCN(CCNc2nccc(NCCN(CC)CC)n2)C(=O)CC(N)=O)n1. The van der Waals surface area contributed by atoms with Crippen molar-refractivity contribution in [3.63, 3.8) is 0 Å². The molecule has 14 nitrogen and oxygen atoms in total. The van der Waals surface area contributed by atoms with Crippen LogP contribution >= 0.6 is 0 Å². The highest BCUT2D eigenvalue weighted by Crippen LogP contribution is 2.07. The molecule has 0 bridgehead atoms. The van der Waals surface area contributed by atoms with Crippen LogP contribution in [0.15, 0.2) is 24.5 Å². The molecule has 2 heterocycles. The molecule has 2 amide bonds. The largest absolute Gasteiger partial charge is 0.369 e. The van der Waals surface area contributed by atoms with E-state index in [9.17, 15) is 9.59 Å². The van der Waals surface area contributed by atoms with Gasteiger partial charge >= 0.3 is 0 Å². The average Bonchev–Trinajstić information content (AvgIpc) is 2.99. The van der Waals surface area contributed by atoms with Gasteiger partial charge in [0.1, 0.15) is 18.1 Å². The molecule has 234 valence electrons. The van der Waals surface area contributed by atoms with Crippen molar-refractivity contribution < 1.29 is 9.59 Å². The third-order valence-electron chi connectivity index (χ3n) is 6.80. The van der Waals surface area contributed by atoms with Crippen molar-refractivity contribution in [3.05, 3.63) is 24.5 Å². The fourth-order valence-corrected chi connectivity index (χ4v) is 4.24. The minimum atomic E-state index is -0.651. The van der Waals surface area contributed by atoms with Gasteiger partial charge in [-0.25, -0.2) is 9.97 Å². The molecule has 0 aliphatic rings. The zero-order valence-electron chi connectivity index (χ0n) is 25.7.